The fourth-order valence-corrected chi connectivity index (χ4v) is 2.02. The Morgan fingerprint density at radius 2 is 2.07 bits per heavy atom. The van der Waals surface area contributed by atoms with E-state index in [1.807, 2.05) is 20.9 Å². The average Bonchev–Trinajstić information content (AvgIpc) is 2.61. The van der Waals surface area contributed by atoms with Crippen LogP contribution in [0, 0.1) is 0 Å². The number of nitrogens with zero attached hydrogens (tertiary/aromatic N) is 2. The molecule has 2 radical (unpaired) electrons. The number of hydrogen-bond donors (Lipinski definition) is 0. The summed E-state index contributed by atoms with van der Waals surface area (Å²) in [6, 6.07) is 0. The molecule has 0 saturated carbocycles. The molecule has 2 saturated heterocycles. The third-order valence-electron chi connectivity index (χ3n) is 2.78. The fourth-order valence-electron chi connectivity index (χ4n) is 2.02. The van der Waals surface area contributed by atoms with Gasteiger partial charge in [-0.1, -0.05) is 13.8 Å². The van der Waals surface area contributed by atoms with Crippen LogP contribution in [0.25, 0.3) is 0 Å². The minimum absolute atomic E-state index is 0.0666. The largest absolute Gasteiger partial charge is 0.392 e. The molecular weight excluding hydrogens is 191 g/mol. The highest BCUT2D eigenvalue weighted by atomic mass is 16.5. The van der Waals surface area contributed by atoms with Crippen LogP contribution in [0.1, 0.15) is 20.3 Å². The quantitative estimate of drug-likeness (QED) is 0.529. The van der Waals surface area contributed by atoms with Gasteiger partial charge in [-0.05, 0) is 13.5 Å². The maximum absolute atomic E-state index is 11.7. The van der Waals surface area contributed by atoms with E-state index in [1.165, 1.54) is 4.81 Å². The molecule has 0 bridgehead atoms. The van der Waals surface area contributed by atoms with E-state index in [0.29, 0.717) is 19.7 Å². The number of likely N-dealkylation sites (N-methyl/N-ethyl adjacent to an activating group) is 1. The number of rotatable bonds is 0. The summed E-state index contributed by atoms with van der Waals surface area (Å²) in [6.07, 6.45) is 0.760. The summed E-state index contributed by atoms with van der Waals surface area (Å²) in [7, 11) is 7.55. The van der Waals surface area contributed by atoms with Crippen molar-refractivity contribution in [3.63, 3.8) is 0 Å². The van der Waals surface area contributed by atoms with E-state index in [0.717, 1.165) is 13.0 Å². The predicted octanol–water partition coefficient (Wildman–Crippen LogP) is 0.0292. The first-order valence-electron chi connectivity index (χ1n) is 5.53. The zero-order chi connectivity index (χ0) is 11.5. The van der Waals surface area contributed by atoms with Gasteiger partial charge in [0.05, 0.1) is 6.61 Å². The van der Waals surface area contributed by atoms with Crippen LogP contribution in [0.5, 0.6) is 0 Å². The van der Waals surface area contributed by atoms with Crippen molar-refractivity contribution in [2.45, 2.75) is 25.9 Å². The molecule has 1 atom stereocenters. The molecule has 0 N–H and O–H groups in total. The van der Waals surface area contributed by atoms with Gasteiger partial charge in [-0.25, -0.2) is 0 Å². The third-order valence-corrected chi connectivity index (χ3v) is 2.78. The second kappa shape index (κ2) is 4.99. The standard InChI is InChI=1S/C8H13BN2O2.C2H6/c1-10-3-2-8(6-10)7(12)11(9)4-5-13-8;1-2/h2-6H2,1H3;1-2H3. The van der Waals surface area contributed by atoms with Crippen molar-refractivity contribution < 1.29 is 9.53 Å². The Labute approximate surface area is 93.0 Å². The second-order valence-corrected chi connectivity index (χ2v) is 3.83. The summed E-state index contributed by atoms with van der Waals surface area (Å²) < 4.78 is 5.57. The van der Waals surface area contributed by atoms with E-state index in [1.54, 1.807) is 0 Å². The Balaban J connectivity index is 0.000000531. The van der Waals surface area contributed by atoms with Crippen molar-refractivity contribution in [2.75, 3.05) is 33.3 Å². The maximum Gasteiger partial charge on any atom is 0.243 e. The molecule has 84 valence electrons. The van der Waals surface area contributed by atoms with Gasteiger partial charge in [-0.2, -0.15) is 0 Å². The monoisotopic (exact) mass is 210 g/mol. The van der Waals surface area contributed by atoms with E-state index in [2.05, 4.69) is 4.90 Å². The number of ether oxygens (including phenoxy) is 1. The molecule has 0 aromatic heterocycles. The number of carbonyl (C=O) groups is 1. The van der Waals surface area contributed by atoms with Crippen molar-refractivity contribution >= 4 is 13.9 Å². The topological polar surface area (TPSA) is 32.8 Å². The van der Waals surface area contributed by atoms with E-state index in [9.17, 15) is 4.79 Å². The Morgan fingerprint density at radius 1 is 1.40 bits per heavy atom. The van der Waals surface area contributed by atoms with Crippen molar-refractivity contribution in [3.8, 4) is 0 Å². The van der Waals surface area contributed by atoms with Crippen LogP contribution in [0.4, 0.5) is 0 Å². The number of morpholine rings is 1. The summed E-state index contributed by atoms with van der Waals surface area (Å²) in [6.45, 7) is 6.62. The van der Waals surface area contributed by atoms with Crippen molar-refractivity contribution in [1.82, 2.24) is 9.71 Å². The van der Waals surface area contributed by atoms with Gasteiger partial charge < -0.3 is 14.4 Å². The molecular formula is C10H19BN2O2. The van der Waals surface area contributed by atoms with Gasteiger partial charge in [-0.15, -0.1) is 0 Å². The molecule has 1 spiro atoms. The second-order valence-electron chi connectivity index (χ2n) is 3.83. The third kappa shape index (κ3) is 2.34. The minimum Gasteiger partial charge on any atom is -0.392 e. The molecule has 0 aromatic carbocycles. The fraction of sp³-hybridized carbons (Fsp3) is 0.900. The Hall–Kier alpha value is -0.545. The summed E-state index contributed by atoms with van der Waals surface area (Å²) in [5.41, 5.74) is -0.637. The van der Waals surface area contributed by atoms with Crippen molar-refractivity contribution in [2.24, 2.45) is 0 Å². The smallest absolute Gasteiger partial charge is 0.243 e. The van der Waals surface area contributed by atoms with Crippen molar-refractivity contribution in [1.29, 1.82) is 0 Å². The molecule has 2 fully saturated rings. The molecule has 1 unspecified atom stereocenters. The molecule has 4 nitrogen and oxygen atoms in total. The normalized spacial score (nSPS) is 31.7. The van der Waals surface area contributed by atoms with Crippen LogP contribution < -0.4 is 0 Å². The molecule has 15 heavy (non-hydrogen) atoms. The Bertz CT molecular complexity index is 233. The highest BCUT2D eigenvalue weighted by Crippen LogP contribution is 2.28. The van der Waals surface area contributed by atoms with Gasteiger partial charge in [-0.3, -0.25) is 4.79 Å². The zero-order valence-corrected chi connectivity index (χ0v) is 9.82. The molecule has 0 aliphatic carbocycles. The van der Waals surface area contributed by atoms with Crippen LogP contribution in [0.2, 0.25) is 0 Å². The van der Waals surface area contributed by atoms with Crippen LogP contribution in [0.3, 0.4) is 0 Å². The number of carbonyl (C=O) groups excluding carboxylic acids is 1. The number of hydrogen-bond acceptors (Lipinski definition) is 3. The number of likely N-dealkylation sites (tertiary alicyclic amines) is 1. The van der Waals surface area contributed by atoms with E-state index < -0.39 is 5.60 Å². The first-order valence-corrected chi connectivity index (χ1v) is 5.53. The minimum atomic E-state index is -0.637. The molecule has 0 aromatic rings. The first kappa shape index (κ1) is 12.5. The van der Waals surface area contributed by atoms with Crippen molar-refractivity contribution in [3.05, 3.63) is 0 Å². The van der Waals surface area contributed by atoms with Gasteiger partial charge in [0.2, 0.25) is 13.9 Å². The van der Waals surface area contributed by atoms with Crippen LogP contribution in [0.15, 0.2) is 0 Å². The highest BCUT2D eigenvalue weighted by molar-refractivity contribution is 6.16. The van der Waals surface area contributed by atoms with E-state index in [-0.39, 0.29) is 5.91 Å². The average molecular weight is 210 g/mol. The lowest BCUT2D eigenvalue weighted by atomic mass is 9.97. The first-order chi connectivity index (χ1) is 7.14. The van der Waals surface area contributed by atoms with E-state index in [4.69, 9.17) is 12.7 Å². The van der Waals surface area contributed by atoms with Gasteiger partial charge >= 0.3 is 0 Å². The molecule has 1 amide bonds. The van der Waals surface area contributed by atoms with E-state index >= 15 is 0 Å². The summed E-state index contributed by atoms with van der Waals surface area (Å²) in [4.78, 5) is 15.1. The zero-order valence-electron chi connectivity index (χ0n) is 9.82. The summed E-state index contributed by atoms with van der Waals surface area (Å²) in [5.74, 6) is -0.0666. The SMILES string of the molecule is CC.[B]N1CCOC2(CCN(C)C2)C1=O. The van der Waals surface area contributed by atoms with Crippen LogP contribution >= 0.6 is 0 Å². The van der Waals surface area contributed by atoms with Gasteiger partial charge in [0.1, 0.15) is 0 Å². The Morgan fingerprint density at radius 3 is 2.60 bits per heavy atom. The lowest BCUT2D eigenvalue weighted by Gasteiger charge is -2.37. The Kier molecular flexibility index (Phi) is 4.17. The molecule has 2 aliphatic heterocycles. The lowest BCUT2D eigenvalue weighted by molar-refractivity contribution is -0.161. The number of amides is 1. The van der Waals surface area contributed by atoms with Gasteiger partial charge in [0.25, 0.3) is 0 Å². The summed E-state index contributed by atoms with van der Waals surface area (Å²) >= 11 is 0. The molecule has 2 aliphatic rings. The molecule has 2 rings (SSSR count). The van der Waals surface area contributed by atoms with Gasteiger partial charge in [0, 0.05) is 19.6 Å². The van der Waals surface area contributed by atoms with Crippen LogP contribution in [-0.4, -0.2) is 62.5 Å². The molecule has 5 heteroatoms. The highest BCUT2D eigenvalue weighted by Gasteiger charge is 2.47. The molecule has 2 heterocycles. The van der Waals surface area contributed by atoms with Gasteiger partial charge in [0.15, 0.2) is 5.60 Å². The lowest BCUT2D eigenvalue weighted by Crippen LogP contribution is -2.56. The predicted molar refractivity (Wildman–Crippen MR) is 59.6 cm³/mol. The van der Waals surface area contributed by atoms with Crippen LogP contribution in [-0.2, 0) is 9.53 Å². The summed E-state index contributed by atoms with van der Waals surface area (Å²) in [5, 5.41) is 0. The maximum atomic E-state index is 11.7.